The maximum atomic E-state index is 12.9. The number of aryl methyl sites for hydroxylation is 2. The lowest BCUT2D eigenvalue weighted by Gasteiger charge is -2.10. The van der Waals surface area contributed by atoms with E-state index in [1.54, 1.807) is 30.3 Å². The molecule has 0 aliphatic heterocycles. The fourth-order valence-electron chi connectivity index (χ4n) is 2.73. The van der Waals surface area contributed by atoms with Crippen molar-refractivity contribution in [2.75, 3.05) is 0 Å². The Hall–Kier alpha value is -3.36. The first-order valence-electron chi connectivity index (χ1n) is 9.11. The van der Waals surface area contributed by atoms with Crippen LogP contribution in [0.1, 0.15) is 22.3 Å². The summed E-state index contributed by atoms with van der Waals surface area (Å²) in [7, 11) is -3.91. The maximum Gasteiger partial charge on any atom is 0.216 e. The number of allylic oxidation sites excluding steroid dienone is 1. The summed E-state index contributed by atoms with van der Waals surface area (Å²) in [4.78, 5) is -0.235. The largest absolute Gasteiger partial charge is 0.488 e. The average molecular weight is 404 g/mol. The zero-order chi connectivity index (χ0) is 20.9. The minimum Gasteiger partial charge on any atom is -0.488 e. The normalized spacial score (nSPS) is 11.7. The van der Waals surface area contributed by atoms with Crippen LogP contribution in [0.2, 0.25) is 0 Å². The van der Waals surface area contributed by atoms with E-state index in [4.69, 9.17) is 4.74 Å². The molecule has 0 aliphatic rings. The lowest BCUT2D eigenvalue weighted by molar-refractivity contribution is 0.305. The highest BCUT2D eigenvalue weighted by Gasteiger charge is 2.21. The van der Waals surface area contributed by atoms with Gasteiger partial charge in [-0.05, 0) is 43.7 Å². The van der Waals surface area contributed by atoms with Gasteiger partial charge < -0.3 is 4.74 Å². The van der Waals surface area contributed by atoms with Gasteiger partial charge in [-0.25, -0.2) is 8.42 Å². The molecule has 0 aliphatic carbocycles. The first kappa shape index (κ1) is 20.4. The second-order valence-electron chi connectivity index (χ2n) is 6.75. The molecule has 146 valence electrons. The van der Waals surface area contributed by atoms with E-state index in [2.05, 4.69) is 0 Å². The maximum absolute atomic E-state index is 12.9. The van der Waals surface area contributed by atoms with Gasteiger partial charge in [0.2, 0.25) is 9.84 Å². The molecule has 4 nitrogen and oxygen atoms in total. The Morgan fingerprint density at radius 1 is 0.931 bits per heavy atom. The molecule has 0 saturated heterocycles. The third-order valence-electron chi connectivity index (χ3n) is 4.45. The predicted octanol–water partition coefficient (Wildman–Crippen LogP) is 5.22. The van der Waals surface area contributed by atoms with Crippen LogP contribution in [0.3, 0.4) is 0 Å². The Balaban J connectivity index is 1.91. The Labute approximate surface area is 171 Å². The molecule has 0 fully saturated rings. The number of hydrogen-bond donors (Lipinski definition) is 0. The first-order valence-corrected chi connectivity index (χ1v) is 10.6. The van der Waals surface area contributed by atoms with Crippen molar-refractivity contribution in [1.29, 1.82) is 5.26 Å². The van der Waals surface area contributed by atoms with Crippen molar-refractivity contribution in [1.82, 2.24) is 0 Å². The zero-order valence-corrected chi connectivity index (χ0v) is 17.1. The average Bonchev–Trinajstić information content (AvgIpc) is 2.72. The molecule has 29 heavy (non-hydrogen) atoms. The quantitative estimate of drug-likeness (QED) is 0.529. The monoisotopic (exact) mass is 403 g/mol. The SMILES string of the molecule is Cc1ccc(COc2ccccc2C=C(C#N)S(=O)(=O)c2ccc(C)cc2)cc1. The molecule has 0 N–H and O–H groups in total. The molecule has 0 saturated carbocycles. The van der Waals surface area contributed by atoms with Gasteiger partial charge in [0.05, 0.1) is 4.90 Å². The number of hydrogen-bond acceptors (Lipinski definition) is 4. The summed E-state index contributed by atoms with van der Waals surface area (Å²) in [5.74, 6) is 0.514. The van der Waals surface area contributed by atoms with Gasteiger partial charge in [-0.3, -0.25) is 0 Å². The van der Waals surface area contributed by atoms with Crippen LogP contribution < -0.4 is 4.74 Å². The molecule has 0 amide bonds. The molecule has 0 unspecified atom stereocenters. The summed E-state index contributed by atoms with van der Waals surface area (Å²) >= 11 is 0. The molecule has 3 aromatic carbocycles. The number of rotatable bonds is 6. The Morgan fingerprint density at radius 3 is 2.14 bits per heavy atom. The molecule has 0 bridgehead atoms. The molecule has 0 aromatic heterocycles. The minimum atomic E-state index is -3.91. The number of ether oxygens (including phenoxy) is 1. The molecular weight excluding hydrogens is 382 g/mol. The van der Waals surface area contributed by atoms with E-state index in [9.17, 15) is 13.7 Å². The number of nitrogens with zero attached hydrogens (tertiary/aromatic N) is 1. The number of nitriles is 1. The van der Waals surface area contributed by atoms with Gasteiger partial charge in [0, 0.05) is 5.56 Å². The van der Waals surface area contributed by atoms with Gasteiger partial charge >= 0.3 is 0 Å². The van der Waals surface area contributed by atoms with Gasteiger partial charge in [0.1, 0.15) is 23.3 Å². The van der Waals surface area contributed by atoms with Crippen LogP contribution in [-0.4, -0.2) is 8.42 Å². The fourth-order valence-corrected chi connectivity index (χ4v) is 3.88. The summed E-state index contributed by atoms with van der Waals surface area (Å²) < 4.78 is 31.6. The van der Waals surface area contributed by atoms with Crippen LogP contribution in [-0.2, 0) is 16.4 Å². The van der Waals surface area contributed by atoms with E-state index < -0.39 is 9.84 Å². The third-order valence-corrected chi connectivity index (χ3v) is 6.13. The molecule has 0 radical (unpaired) electrons. The van der Waals surface area contributed by atoms with Gasteiger partial charge in [-0.2, -0.15) is 5.26 Å². The van der Waals surface area contributed by atoms with Crippen molar-refractivity contribution in [3.63, 3.8) is 0 Å². The highest BCUT2D eigenvalue weighted by molar-refractivity contribution is 7.95. The summed E-state index contributed by atoms with van der Waals surface area (Å²) in [6.45, 7) is 4.24. The Morgan fingerprint density at radius 2 is 1.52 bits per heavy atom. The van der Waals surface area contributed by atoms with E-state index in [1.165, 1.54) is 18.2 Å². The minimum absolute atomic E-state index is 0.0916. The van der Waals surface area contributed by atoms with Crippen molar-refractivity contribution in [2.24, 2.45) is 0 Å². The fraction of sp³-hybridized carbons (Fsp3) is 0.125. The molecule has 3 rings (SSSR count). The molecule has 0 atom stereocenters. The zero-order valence-electron chi connectivity index (χ0n) is 16.3. The Kier molecular flexibility index (Phi) is 6.16. The predicted molar refractivity (Wildman–Crippen MR) is 114 cm³/mol. The summed E-state index contributed by atoms with van der Waals surface area (Å²) in [6, 6.07) is 23.3. The van der Waals surface area contributed by atoms with Gasteiger partial charge in [-0.1, -0.05) is 65.7 Å². The smallest absolute Gasteiger partial charge is 0.216 e. The highest BCUT2D eigenvalue weighted by Crippen LogP contribution is 2.26. The second-order valence-corrected chi connectivity index (χ2v) is 8.67. The van der Waals surface area contributed by atoms with E-state index in [-0.39, 0.29) is 9.80 Å². The summed E-state index contributed by atoms with van der Waals surface area (Å²) in [6.07, 6.45) is 1.36. The highest BCUT2D eigenvalue weighted by atomic mass is 32.2. The lowest BCUT2D eigenvalue weighted by Crippen LogP contribution is -2.04. The molecule has 5 heteroatoms. The first-order chi connectivity index (χ1) is 13.9. The van der Waals surface area contributed by atoms with E-state index in [1.807, 2.05) is 50.2 Å². The van der Waals surface area contributed by atoms with Gasteiger partial charge in [0.15, 0.2) is 0 Å². The van der Waals surface area contributed by atoms with Crippen molar-refractivity contribution >= 4 is 15.9 Å². The van der Waals surface area contributed by atoms with Crippen molar-refractivity contribution in [3.8, 4) is 11.8 Å². The molecular formula is C24H21NO3S. The van der Waals surface area contributed by atoms with Crippen molar-refractivity contribution in [3.05, 3.63) is 100.0 Å². The van der Waals surface area contributed by atoms with E-state index >= 15 is 0 Å². The van der Waals surface area contributed by atoms with Gasteiger partial charge in [0.25, 0.3) is 0 Å². The second kappa shape index (κ2) is 8.76. The Bertz CT molecular complexity index is 1170. The molecule has 3 aromatic rings. The standard InChI is InChI=1S/C24H21NO3S/c1-18-7-11-20(12-8-18)17-28-24-6-4-3-5-21(24)15-23(16-25)29(26,27)22-13-9-19(2)10-14-22/h3-15H,17H2,1-2H3. The van der Waals surface area contributed by atoms with Crippen LogP contribution in [0, 0.1) is 25.2 Å². The van der Waals surface area contributed by atoms with Crippen LogP contribution in [0.25, 0.3) is 6.08 Å². The summed E-state index contributed by atoms with van der Waals surface area (Å²) in [5, 5.41) is 9.53. The molecule has 0 spiro atoms. The summed E-state index contributed by atoms with van der Waals surface area (Å²) in [5.41, 5.74) is 3.65. The number of sulfone groups is 1. The van der Waals surface area contributed by atoms with Gasteiger partial charge in [-0.15, -0.1) is 0 Å². The topological polar surface area (TPSA) is 67.2 Å². The van der Waals surface area contributed by atoms with Crippen LogP contribution in [0.5, 0.6) is 5.75 Å². The van der Waals surface area contributed by atoms with Crippen molar-refractivity contribution < 1.29 is 13.2 Å². The van der Waals surface area contributed by atoms with Crippen LogP contribution in [0.15, 0.2) is 82.6 Å². The van der Waals surface area contributed by atoms with Crippen LogP contribution >= 0.6 is 0 Å². The number of benzene rings is 3. The van der Waals surface area contributed by atoms with Crippen molar-refractivity contribution in [2.45, 2.75) is 25.3 Å². The number of para-hydroxylation sites is 1. The third kappa shape index (κ3) is 4.92. The van der Waals surface area contributed by atoms with E-state index in [0.29, 0.717) is 17.9 Å². The lowest BCUT2D eigenvalue weighted by atomic mass is 10.1. The van der Waals surface area contributed by atoms with Crippen LogP contribution in [0.4, 0.5) is 0 Å². The van der Waals surface area contributed by atoms with E-state index in [0.717, 1.165) is 16.7 Å². The molecule has 0 heterocycles.